The number of hydrogen-bond acceptors (Lipinski definition) is 6. The van der Waals surface area contributed by atoms with Crippen LogP contribution >= 0.6 is 11.3 Å². The molecule has 0 saturated carbocycles. The van der Waals surface area contributed by atoms with Crippen molar-refractivity contribution in [3.05, 3.63) is 57.4 Å². The Hall–Kier alpha value is -2.45. The summed E-state index contributed by atoms with van der Waals surface area (Å²) in [6.45, 7) is 5.87. The number of rotatable bonds is 7. The van der Waals surface area contributed by atoms with E-state index in [1.54, 1.807) is 30.4 Å². The number of aromatic nitrogens is 1. The summed E-state index contributed by atoms with van der Waals surface area (Å²) in [5.74, 6) is 0.0252. The van der Waals surface area contributed by atoms with E-state index in [4.69, 9.17) is 4.52 Å². The van der Waals surface area contributed by atoms with Crippen molar-refractivity contribution in [2.24, 2.45) is 0 Å². The molecule has 0 saturated heterocycles. The predicted octanol–water partition coefficient (Wildman–Crippen LogP) is 3.81. The molecule has 0 aliphatic rings. The number of carbonyl (C=O) groups excluding carboxylic acids is 1. The van der Waals surface area contributed by atoms with Gasteiger partial charge in [-0.15, -0.1) is 11.3 Å². The number of nitrogens with one attached hydrogen (secondary N) is 1. The second-order valence-corrected chi connectivity index (χ2v) is 9.74. The van der Waals surface area contributed by atoms with Crippen LogP contribution in [0.25, 0.3) is 11.3 Å². The Bertz CT molecular complexity index is 1080. The molecule has 1 amide bonds. The number of amides is 1. The summed E-state index contributed by atoms with van der Waals surface area (Å²) in [6.07, 6.45) is -0.0855. The third kappa shape index (κ3) is 4.51. The van der Waals surface area contributed by atoms with E-state index >= 15 is 0 Å². The largest absolute Gasteiger partial charge is 0.356 e. The van der Waals surface area contributed by atoms with E-state index in [9.17, 15) is 13.2 Å². The molecular weight excluding hydrogens is 396 g/mol. The van der Waals surface area contributed by atoms with Crippen LogP contribution in [-0.4, -0.2) is 25.2 Å². The third-order valence-corrected chi connectivity index (χ3v) is 7.31. The highest BCUT2D eigenvalue weighted by atomic mass is 32.2. The van der Waals surface area contributed by atoms with Gasteiger partial charge in [0, 0.05) is 22.4 Å². The second kappa shape index (κ2) is 8.28. The normalized spacial score (nSPS) is 11.5. The van der Waals surface area contributed by atoms with Crippen molar-refractivity contribution in [3.8, 4) is 11.3 Å². The fourth-order valence-corrected chi connectivity index (χ4v) is 4.97. The van der Waals surface area contributed by atoms with E-state index < -0.39 is 9.84 Å². The van der Waals surface area contributed by atoms with Crippen molar-refractivity contribution < 1.29 is 17.7 Å². The van der Waals surface area contributed by atoms with Gasteiger partial charge in [-0.1, -0.05) is 23.4 Å². The lowest BCUT2D eigenvalue weighted by molar-refractivity contribution is -0.120. The first-order valence-corrected chi connectivity index (χ1v) is 11.4. The van der Waals surface area contributed by atoms with Gasteiger partial charge >= 0.3 is 0 Å². The number of benzene rings is 1. The molecule has 0 atom stereocenters. The van der Waals surface area contributed by atoms with Crippen molar-refractivity contribution in [1.29, 1.82) is 0 Å². The zero-order valence-electron chi connectivity index (χ0n) is 16.0. The first-order valence-electron chi connectivity index (χ1n) is 8.83. The van der Waals surface area contributed by atoms with E-state index in [0.717, 1.165) is 16.1 Å². The van der Waals surface area contributed by atoms with Crippen LogP contribution in [-0.2, 0) is 21.2 Å². The topological polar surface area (TPSA) is 89.3 Å². The zero-order valence-corrected chi connectivity index (χ0v) is 17.6. The van der Waals surface area contributed by atoms with Crippen LogP contribution in [0.3, 0.4) is 0 Å². The first kappa shape index (κ1) is 20.3. The number of nitrogens with zero attached hydrogens (tertiary/aromatic N) is 1. The van der Waals surface area contributed by atoms with E-state index in [1.807, 2.05) is 37.4 Å². The van der Waals surface area contributed by atoms with Crippen LogP contribution in [0, 0.1) is 20.8 Å². The number of hydrogen-bond donors (Lipinski definition) is 1. The average molecular weight is 419 g/mol. The summed E-state index contributed by atoms with van der Waals surface area (Å²) in [6, 6.07) is 8.99. The number of carbonyl (C=O) groups is 1. The Morgan fingerprint density at radius 2 is 2.00 bits per heavy atom. The van der Waals surface area contributed by atoms with Crippen LogP contribution < -0.4 is 5.32 Å². The van der Waals surface area contributed by atoms with Gasteiger partial charge in [0.1, 0.15) is 0 Å². The number of aryl methyl sites for hydroxylation is 2. The van der Waals surface area contributed by atoms with Gasteiger partial charge in [0.05, 0.1) is 22.9 Å². The van der Waals surface area contributed by atoms with Gasteiger partial charge in [0.25, 0.3) is 0 Å². The minimum atomic E-state index is -3.61. The van der Waals surface area contributed by atoms with Gasteiger partial charge in [-0.05, 0) is 43.8 Å². The zero-order chi connectivity index (χ0) is 20.3. The van der Waals surface area contributed by atoms with Gasteiger partial charge in [0.15, 0.2) is 15.6 Å². The molecule has 0 bridgehead atoms. The van der Waals surface area contributed by atoms with Crippen LogP contribution in [0.2, 0.25) is 0 Å². The lowest BCUT2D eigenvalue weighted by Crippen LogP contribution is -2.25. The minimum Gasteiger partial charge on any atom is -0.356 e. The number of thiophene rings is 1. The molecule has 1 aromatic carbocycles. The lowest BCUT2D eigenvalue weighted by atomic mass is 10.1. The minimum absolute atomic E-state index is 0.0855. The monoisotopic (exact) mass is 418 g/mol. The summed E-state index contributed by atoms with van der Waals surface area (Å²) in [5.41, 5.74) is 2.93. The second-order valence-electron chi connectivity index (χ2n) is 6.63. The smallest absolute Gasteiger partial charge is 0.221 e. The van der Waals surface area contributed by atoms with Crippen molar-refractivity contribution in [2.75, 3.05) is 5.75 Å². The summed E-state index contributed by atoms with van der Waals surface area (Å²) < 4.78 is 31.0. The van der Waals surface area contributed by atoms with Crippen molar-refractivity contribution >= 4 is 27.1 Å². The molecule has 0 aliphatic heterocycles. The number of sulfone groups is 1. The predicted molar refractivity (Wildman–Crippen MR) is 109 cm³/mol. The summed E-state index contributed by atoms with van der Waals surface area (Å²) in [4.78, 5) is 13.3. The summed E-state index contributed by atoms with van der Waals surface area (Å²) in [7, 11) is -3.61. The summed E-state index contributed by atoms with van der Waals surface area (Å²) in [5, 5.41) is 8.62. The van der Waals surface area contributed by atoms with E-state index in [1.165, 1.54) is 0 Å². The van der Waals surface area contributed by atoms with E-state index in [0.29, 0.717) is 23.4 Å². The SMILES string of the molecule is Cc1ccc(-c2onc(C)c2C)cc1S(=O)(=O)CCC(=O)NCc1cccs1. The molecular formula is C20H22N2O4S2. The Morgan fingerprint density at radius 3 is 2.64 bits per heavy atom. The molecule has 3 rings (SSSR count). The van der Waals surface area contributed by atoms with Crippen LogP contribution in [0.4, 0.5) is 0 Å². The van der Waals surface area contributed by atoms with Crippen molar-refractivity contribution in [2.45, 2.75) is 38.6 Å². The summed E-state index contributed by atoms with van der Waals surface area (Å²) >= 11 is 1.54. The van der Waals surface area contributed by atoms with Gasteiger partial charge in [-0.2, -0.15) is 0 Å². The molecule has 2 heterocycles. The van der Waals surface area contributed by atoms with Crippen LogP contribution in [0.1, 0.15) is 28.1 Å². The average Bonchev–Trinajstić information content (AvgIpc) is 3.29. The van der Waals surface area contributed by atoms with Crippen LogP contribution in [0.5, 0.6) is 0 Å². The first-order chi connectivity index (χ1) is 13.3. The fraction of sp³-hybridized carbons (Fsp3) is 0.300. The standard InChI is InChI=1S/C20H22N2O4S2/c1-13-6-7-16(20-14(2)15(3)22-26-20)11-18(13)28(24,25)10-8-19(23)21-12-17-5-4-9-27-17/h4-7,9,11H,8,10,12H2,1-3H3,(H,21,23). The van der Waals surface area contributed by atoms with Gasteiger partial charge in [-0.25, -0.2) is 8.42 Å². The van der Waals surface area contributed by atoms with Crippen molar-refractivity contribution in [3.63, 3.8) is 0 Å². The Balaban J connectivity index is 1.73. The lowest BCUT2D eigenvalue weighted by Gasteiger charge is -2.10. The van der Waals surface area contributed by atoms with Gasteiger partial charge in [-0.3, -0.25) is 4.79 Å². The maximum Gasteiger partial charge on any atom is 0.221 e. The highest BCUT2D eigenvalue weighted by Crippen LogP contribution is 2.29. The molecule has 0 fully saturated rings. The van der Waals surface area contributed by atoms with E-state index in [2.05, 4.69) is 10.5 Å². The molecule has 148 valence electrons. The highest BCUT2D eigenvalue weighted by Gasteiger charge is 2.21. The Labute approximate surface area is 168 Å². The molecule has 3 aromatic rings. The Morgan fingerprint density at radius 1 is 1.21 bits per heavy atom. The maximum absolute atomic E-state index is 12.8. The molecule has 0 radical (unpaired) electrons. The molecule has 0 unspecified atom stereocenters. The molecule has 28 heavy (non-hydrogen) atoms. The van der Waals surface area contributed by atoms with Crippen LogP contribution in [0.15, 0.2) is 45.1 Å². The van der Waals surface area contributed by atoms with E-state index in [-0.39, 0.29) is 23.0 Å². The fourth-order valence-electron chi connectivity index (χ4n) is 2.79. The van der Waals surface area contributed by atoms with Gasteiger partial charge < -0.3 is 9.84 Å². The molecule has 0 aliphatic carbocycles. The molecule has 6 nitrogen and oxygen atoms in total. The maximum atomic E-state index is 12.8. The highest BCUT2D eigenvalue weighted by molar-refractivity contribution is 7.91. The Kier molecular flexibility index (Phi) is 6.00. The molecule has 1 N–H and O–H groups in total. The quantitative estimate of drug-likeness (QED) is 0.630. The molecule has 2 aromatic heterocycles. The third-order valence-electron chi connectivity index (χ3n) is 4.58. The molecule has 0 spiro atoms. The molecule has 8 heteroatoms. The van der Waals surface area contributed by atoms with Crippen molar-refractivity contribution in [1.82, 2.24) is 10.5 Å². The van der Waals surface area contributed by atoms with Gasteiger partial charge in [0.2, 0.25) is 5.91 Å².